The highest BCUT2D eigenvalue weighted by atomic mass is 16.6. The fraction of sp³-hybridized carbons (Fsp3) is 0.167. The number of aromatic nitrogens is 2. The fourth-order valence-electron chi connectivity index (χ4n) is 1.78. The number of para-hydroxylation sites is 1. The lowest BCUT2D eigenvalue weighted by Gasteiger charge is -2.07. The number of nitrogens with zero attached hydrogens (tertiary/aromatic N) is 2. The smallest absolute Gasteiger partial charge is 0.311 e. The third-order valence-electron chi connectivity index (χ3n) is 2.82. The Hall–Kier alpha value is -2.90. The molecule has 104 valence electrons. The van der Waals surface area contributed by atoms with Gasteiger partial charge >= 0.3 is 5.69 Å². The van der Waals surface area contributed by atoms with Crippen LogP contribution in [0.5, 0.6) is 5.75 Å². The van der Waals surface area contributed by atoms with Gasteiger partial charge in [0.25, 0.3) is 5.91 Å². The highest BCUT2D eigenvalue weighted by Gasteiger charge is 2.22. The van der Waals surface area contributed by atoms with E-state index in [2.05, 4.69) is 15.5 Å². The summed E-state index contributed by atoms with van der Waals surface area (Å²) in [6.07, 6.45) is 0. The van der Waals surface area contributed by atoms with Crippen molar-refractivity contribution in [3.63, 3.8) is 0 Å². The number of benzene rings is 1. The minimum absolute atomic E-state index is 0.167. The maximum absolute atomic E-state index is 12.1. The Morgan fingerprint density at radius 2 is 2.15 bits per heavy atom. The van der Waals surface area contributed by atoms with Crippen molar-refractivity contribution >= 4 is 17.3 Å². The second-order valence-corrected chi connectivity index (χ2v) is 4.19. The van der Waals surface area contributed by atoms with Gasteiger partial charge < -0.3 is 10.4 Å². The number of aryl methyl sites for hydroxylation is 2. The second kappa shape index (κ2) is 5.00. The van der Waals surface area contributed by atoms with Crippen molar-refractivity contribution in [1.82, 2.24) is 10.2 Å². The SMILES string of the molecule is Cc1n[nH]c(C)c1NC(=O)c1cccc([N+](=O)[O-])c1O. The van der Waals surface area contributed by atoms with Crippen LogP contribution in [-0.2, 0) is 0 Å². The van der Waals surface area contributed by atoms with Crippen LogP contribution in [0.15, 0.2) is 18.2 Å². The number of phenolic OH excluding ortho intramolecular Hbond substituents is 1. The number of hydrogen-bond donors (Lipinski definition) is 3. The van der Waals surface area contributed by atoms with Gasteiger partial charge in [0.15, 0.2) is 0 Å². The number of rotatable bonds is 3. The number of nitro groups is 1. The van der Waals surface area contributed by atoms with Gasteiger partial charge in [-0.2, -0.15) is 5.10 Å². The molecule has 0 aliphatic carbocycles. The highest BCUT2D eigenvalue weighted by Crippen LogP contribution is 2.30. The molecule has 0 saturated carbocycles. The van der Waals surface area contributed by atoms with Crippen LogP contribution in [0.3, 0.4) is 0 Å². The maximum atomic E-state index is 12.1. The molecule has 0 fully saturated rings. The molecular weight excluding hydrogens is 264 g/mol. The van der Waals surface area contributed by atoms with Crippen LogP contribution in [0.25, 0.3) is 0 Å². The van der Waals surface area contributed by atoms with Crippen LogP contribution in [0.4, 0.5) is 11.4 Å². The first-order valence-corrected chi connectivity index (χ1v) is 5.71. The van der Waals surface area contributed by atoms with E-state index in [1.165, 1.54) is 12.1 Å². The van der Waals surface area contributed by atoms with Gasteiger partial charge in [-0.05, 0) is 19.9 Å². The Morgan fingerprint density at radius 3 is 2.70 bits per heavy atom. The van der Waals surface area contributed by atoms with Crippen molar-refractivity contribution in [2.75, 3.05) is 5.32 Å². The van der Waals surface area contributed by atoms with Gasteiger partial charge in [-0.25, -0.2) is 0 Å². The molecular formula is C12H12N4O4. The second-order valence-electron chi connectivity index (χ2n) is 4.19. The molecule has 2 rings (SSSR count). The average molecular weight is 276 g/mol. The van der Waals surface area contributed by atoms with Crippen molar-refractivity contribution in [2.45, 2.75) is 13.8 Å². The summed E-state index contributed by atoms with van der Waals surface area (Å²) in [7, 11) is 0. The van der Waals surface area contributed by atoms with Crippen molar-refractivity contribution in [2.24, 2.45) is 0 Å². The Balaban J connectivity index is 2.35. The van der Waals surface area contributed by atoms with Crippen LogP contribution in [0, 0.1) is 24.0 Å². The van der Waals surface area contributed by atoms with E-state index >= 15 is 0 Å². The summed E-state index contributed by atoms with van der Waals surface area (Å²) < 4.78 is 0. The summed E-state index contributed by atoms with van der Waals surface area (Å²) in [6.45, 7) is 3.43. The predicted octanol–water partition coefficient (Wildman–Crippen LogP) is 1.89. The number of aromatic hydroxyl groups is 1. The van der Waals surface area contributed by atoms with Crippen molar-refractivity contribution < 1.29 is 14.8 Å². The maximum Gasteiger partial charge on any atom is 0.311 e. The zero-order valence-electron chi connectivity index (χ0n) is 10.8. The van der Waals surface area contributed by atoms with Crippen molar-refractivity contribution in [3.05, 3.63) is 45.3 Å². The van der Waals surface area contributed by atoms with Crippen molar-refractivity contribution in [3.8, 4) is 5.75 Å². The molecule has 3 N–H and O–H groups in total. The number of anilines is 1. The fourth-order valence-corrected chi connectivity index (χ4v) is 1.78. The molecule has 2 aromatic rings. The number of carbonyl (C=O) groups is 1. The quantitative estimate of drug-likeness (QED) is 0.583. The molecule has 0 radical (unpaired) electrons. The molecule has 0 spiro atoms. The molecule has 0 aliphatic heterocycles. The molecule has 8 nitrogen and oxygen atoms in total. The van der Waals surface area contributed by atoms with Gasteiger partial charge in [0.1, 0.15) is 0 Å². The third-order valence-corrected chi connectivity index (χ3v) is 2.82. The molecule has 0 unspecified atom stereocenters. The van der Waals surface area contributed by atoms with Crippen LogP contribution in [-0.4, -0.2) is 26.1 Å². The minimum Gasteiger partial charge on any atom is -0.502 e. The highest BCUT2D eigenvalue weighted by molar-refractivity contribution is 6.07. The van der Waals surface area contributed by atoms with E-state index in [1.54, 1.807) is 13.8 Å². The van der Waals surface area contributed by atoms with E-state index < -0.39 is 22.3 Å². The molecule has 1 heterocycles. The first-order valence-electron chi connectivity index (χ1n) is 5.71. The number of nitrogens with one attached hydrogen (secondary N) is 2. The molecule has 1 aromatic heterocycles. The number of phenols is 1. The lowest BCUT2D eigenvalue weighted by molar-refractivity contribution is -0.385. The van der Waals surface area contributed by atoms with Crippen LogP contribution in [0.1, 0.15) is 21.7 Å². The summed E-state index contributed by atoms with van der Waals surface area (Å²) in [5, 5.41) is 29.7. The minimum atomic E-state index is -0.750. The number of H-pyrrole nitrogens is 1. The molecule has 20 heavy (non-hydrogen) atoms. The molecule has 8 heteroatoms. The van der Waals surface area contributed by atoms with Crippen LogP contribution in [0.2, 0.25) is 0 Å². The normalized spacial score (nSPS) is 10.3. The van der Waals surface area contributed by atoms with Crippen LogP contribution < -0.4 is 5.32 Å². The average Bonchev–Trinajstić information content (AvgIpc) is 2.70. The zero-order valence-corrected chi connectivity index (χ0v) is 10.8. The Bertz CT molecular complexity index is 673. The van der Waals surface area contributed by atoms with Gasteiger partial charge in [0, 0.05) is 6.07 Å². The molecule has 1 aromatic carbocycles. The third kappa shape index (κ3) is 2.30. The zero-order chi connectivity index (χ0) is 14.9. The van der Waals surface area contributed by atoms with Crippen molar-refractivity contribution in [1.29, 1.82) is 0 Å². The largest absolute Gasteiger partial charge is 0.502 e. The number of nitro benzene ring substituents is 1. The standard InChI is InChI=1S/C12H12N4O4/c1-6-10(7(2)15-14-6)13-12(18)8-4-3-5-9(11(8)17)16(19)20/h3-5,17H,1-2H3,(H,13,18)(H,14,15). The molecule has 0 atom stereocenters. The Labute approximate surface area is 113 Å². The predicted molar refractivity (Wildman–Crippen MR) is 70.8 cm³/mol. The van der Waals surface area contributed by atoms with E-state index in [9.17, 15) is 20.0 Å². The van der Waals surface area contributed by atoms with Gasteiger partial charge in [-0.1, -0.05) is 6.07 Å². The number of aromatic amines is 1. The van der Waals surface area contributed by atoms with E-state index in [1.807, 2.05) is 0 Å². The number of carbonyl (C=O) groups excluding carboxylic acids is 1. The summed E-state index contributed by atoms with van der Waals surface area (Å²) in [4.78, 5) is 22.0. The van der Waals surface area contributed by atoms with E-state index in [-0.39, 0.29) is 5.56 Å². The molecule has 0 bridgehead atoms. The monoisotopic (exact) mass is 276 g/mol. The van der Waals surface area contributed by atoms with E-state index in [4.69, 9.17) is 0 Å². The molecule has 1 amide bonds. The number of hydrogen-bond acceptors (Lipinski definition) is 5. The van der Waals surface area contributed by atoms with Gasteiger partial charge in [0.05, 0.1) is 27.6 Å². The van der Waals surface area contributed by atoms with Crippen LogP contribution >= 0.6 is 0 Å². The lowest BCUT2D eigenvalue weighted by atomic mass is 10.1. The first kappa shape index (κ1) is 13.5. The Kier molecular flexibility index (Phi) is 3.38. The number of amides is 1. The van der Waals surface area contributed by atoms with Gasteiger partial charge in [-0.3, -0.25) is 20.0 Å². The van der Waals surface area contributed by atoms with Gasteiger partial charge in [-0.15, -0.1) is 0 Å². The molecule has 0 saturated heterocycles. The topological polar surface area (TPSA) is 121 Å². The summed E-state index contributed by atoms with van der Waals surface area (Å²) in [6, 6.07) is 3.77. The lowest BCUT2D eigenvalue weighted by Crippen LogP contribution is -2.13. The van der Waals surface area contributed by atoms with E-state index in [0.29, 0.717) is 17.1 Å². The molecule has 0 aliphatic rings. The Morgan fingerprint density at radius 1 is 1.45 bits per heavy atom. The first-order chi connectivity index (χ1) is 9.41. The summed E-state index contributed by atoms with van der Waals surface area (Å²) >= 11 is 0. The summed E-state index contributed by atoms with van der Waals surface area (Å²) in [5.74, 6) is -1.30. The summed E-state index contributed by atoms with van der Waals surface area (Å²) in [5.41, 5.74) is 1.04. The van der Waals surface area contributed by atoms with Gasteiger partial charge in [0.2, 0.25) is 5.75 Å². The van der Waals surface area contributed by atoms with E-state index in [0.717, 1.165) is 6.07 Å².